The summed E-state index contributed by atoms with van der Waals surface area (Å²) in [5, 5.41) is 0. The molecule has 0 unspecified atom stereocenters. The SMILES string of the molecule is CC/C=C/C/C=C/C/C=C/C/C=C/C/C=C/C/C=C/CCC(=O)OC[C@H](COP(=O)(O)O)OC(=O)CCCCCCCCC/C=C/CCCCCC. The zero-order valence-electron chi connectivity index (χ0n) is 32.4. The summed E-state index contributed by atoms with van der Waals surface area (Å²) in [7, 11) is -4.77. The predicted octanol–water partition coefficient (Wildman–Crippen LogP) is 12.1. The number of hydrogen-bond donors (Lipinski definition) is 2. The molecule has 8 nitrogen and oxygen atoms in total. The van der Waals surface area contributed by atoms with Gasteiger partial charge in [0.25, 0.3) is 0 Å². The number of phosphoric acid groups is 1. The van der Waals surface area contributed by atoms with Gasteiger partial charge in [-0.05, 0) is 77.0 Å². The number of esters is 2. The average molecular weight is 747 g/mol. The summed E-state index contributed by atoms with van der Waals surface area (Å²) in [5.74, 6) is -0.995. The normalized spacial score (nSPS) is 13.4. The van der Waals surface area contributed by atoms with E-state index in [-0.39, 0.29) is 19.4 Å². The molecule has 1 atom stereocenters. The zero-order valence-corrected chi connectivity index (χ0v) is 33.3. The van der Waals surface area contributed by atoms with Crippen molar-refractivity contribution in [2.75, 3.05) is 13.2 Å². The highest BCUT2D eigenvalue weighted by molar-refractivity contribution is 7.46. The molecule has 296 valence electrons. The minimum atomic E-state index is -4.77. The second-order valence-electron chi connectivity index (χ2n) is 12.9. The number of unbranched alkanes of at least 4 members (excludes halogenated alkanes) is 11. The molecule has 0 aromatic heterocycles. The molecule has 0 aliphatic heterocycles. The van der Waals surface area contributed by atoms with E-state index in [4.69, 9.17) is 19.3 Å². The molecular formula is C43H71O8P. The smallest absolute Gasteiger partial charge is 0.462 e. The van der Waals surface area contributed by atoms with Crippen molar-refractivity contribution in [3.05, 3.63) is 85.1 Å². The molecule has 0 spiro atoms. The lowest BCUT2D eigenvalue weighted by Crippen LogP contribution is -2.29. The molecule has 0 saturated carbocycles. The third kappa shape index (κ3) is 40.0. The van der Waals surface area contributed by atoms with Gasteiger partial charge >= 0.3 is 19.8 Å². The Morgan fingerprint density at radius 1 is 0.519 bits per heavy atom. The highest BCUT2D eigenvalue weighted by atomic mass is 31.2. The zero-order chi connectivity index (χ0) is 38.2. The summed E-state index contributed by atoms with van der Waals surface area (Å²) < 4.78 is 26.3. The molecule has 0 amide bonds. The van der Waals surface area contributed by atoms with E-state index in [0.29, 0.717) is 12.8 Å². The number of hydrogen-bond acceptors (Lipinski definition) is 6. The first kappa shape index (κ1) is 49.2. The van der Waals surface area contributed by atoms with Gasteiger partial charge < -0.3 is 19.3 Å². The van der Waals surface area contributed by atoms with Crippen LogP contribution in [0, 0.1) is 0 Å². The van der Waals surface area contributed by atoms with E-state index in [2.05, 4.69) is 91.3 Å². The van der Waals surface area contributed by atoms with Crippen molar-refractivity contribution in [1.29, 1.82) is 0 Å². The summed E-state index contributed by atoms with van der Waals surface area (Å²) in [4.78, 5) is 42.7. The van der Waals surface area contributed by atoms with Crippen LogP contribution >= 0.6 is 7.82 Å². The van der Waals surface area contributed by atoms with E-state index < -0.39 is 32.5 Å². The topological polar surface area (TPSA) is 119 Å². The molecule has 0 aromatic carbocycles. The molecule has 0 bridgehead atoms. The number of rotatable bonds is 35. The van der Waals surface area contributed by atoms with Gasteiger partial charge in [-0.2, -0.15) is 0 Å². The summed E-state index contributed by atoms with van der Waals surface area (Å²) in [6.07, 6.45) is 50.3. The van der Waals surface area contributed by atoms with Crippen LogP contribution in [0.25, 0.3) is 0 Å². The molecule has 9 heteroatoms. The van der Waals surface area contributed by atoms with Gasteiger partial charge in [0, 0.05) is 12.8 Å². The fourth-order valence-corrected chi connectivity index (χ4v) is 5.34. The highest BCUT2D eigenvalue weighted by Gasteiger charge is 2.22. The Hall–Kier alpha value is -2.77. The second kappa shape index (κ2) is 38.0. The van der Waals surface area contributed by atoms with Gasteiger partial charge in [0.2, 0.25) is 0 Å². The minimum Gasteiger partial charge on any atom is -0.462 e. The lowest BCUT2D eigenvalue weighted by Gasteiger charge is -2.18. The van der Waals surface area contributed by atoms with Gasteiger partial charge in [0.1, 0.15) is 6.61 Å². The monoisotopic (exact) mass is 746 g/mol. The molecular weight excluding hydrogens is 675 g/mol. The van der Waals surface area contributed by atoms with Crippen molar-refractivity contribution in [1.82, 2.24) is 0 Å². The highest BCUT2D eigenvalue weighted by Crippen LogP contribution is 2.36. The second-order valence-corrected chi connectivity index (χ2v) is 14.1. The van der Waals surface area contributed by atoms with Crippen LogP contribution in [0.1, 0.15) is 155 Å². The van der Waals surface area contributed by atoms with E-state index >= 15 is 0 Å². The standard InChI is InChI=1S/C43H71O8P/c1-3-5-7-9-11-13-15-17-19-20-21-22-24-25-27-29-31-33-35-37-42(44)49-39-41(40-50-52(46,47)48)51-43(45)38-36-34-32-30-28-26-23-18-16-14-12-10-8-6-4-2/h5,7,11,13-14,16-17,19,21-22,25,27,31,33,41H,3-4,6,8-10,12,15,18,20,23-24,26,28-30,32,34-40H2,1-2H3,(H2,46,47,48)/b7-5+,13-11+,16-14+,19-17+,22-21+,27-25+,33-31+/t41-/m1/s1. The van der Waals surface area contributed by atoms with Gasteiger partial charge in [0.05, 0.1) is 6.61 Å². The average Bonchev–Trinajstić information content (AvgIpc) is 3.11. The number of carbonyl (C=O) groups excluding carboxylic acids is 2. The van der Waals surface area contributed by atoms with Gasteiger partial charge in [-0.3, -0.25) is 14.1 Å². The van der Waals surface area contributed by atoms with Crippen molar-refractivity contribution in [2.24, 2.45) is 0 Å². The van der Waals surface area contributed by atoms with Crippen molar-refractivity contribution >= 4 is 19.8 Å². The summed E-state index contributed by atoms with van der Waals surface area (Å²) in [5.41, 5.74) is 0. The van der Waals surface area contributed by atoms with E-state index in [0.717, 1.165) is 64.2 Å². The van der Waals surface area contributed by atoms with Crippen LogP contribution in [-0.4, -0.2) is 41.0 Å². The summed E-state index contributed by atoms with van der Waals surface area (Å²) >= 11 is 0. The Bertz CT molecular complexity index is 1110. The molecule has 0 radical (unpaired) electrons. The van der Waals surface area contributed by atoms with E-state index in [1.807, 2.05) is 12.2 Å². The van der Waals surface area contributed by atoms with Crippen LogP contribution in [0.4, 0.5) is 0 Å². The van der Waals surface area contributed by atoms with E-state index in [9.17, 15) is 14.2 Å². The van der Waals surface area contributed by atoms with Crippen LogP contribution in [0.5, 0.6) is 0 Å². The van der Waals surface area contributed by atoms with Crippen LogP contribution in [0.15, 0.2) is 85.1 Å². The third-order valence-corrected chi connectivity index (χ3v) is 8.40. The number of phosphoric ester groups is 1. The number of ether oxygens (including phenoxy) is 2. The lowest BCUT2D eigenvalue weighted by molar-refractivity contribution is -0.161. The molecule has 0 aliphatic rings. The first-order valence-electron chi connectivity index (χ1n) is 19.9. The molecule has 0 aliphatic carbocycles. The van der Waals surface area contributed by atoms with Crippen molar-refractivity contribution in [3.63, 3.8) is 0 Å². The largest absolute Gasteiger partial charge is 0.469 e. The maximum atomic E-state index is 12.4. The Morgan fingerprint density at radius 2 is 0.962 bits per heavy atom. The molecule has 0 saturated heterocycles. The third-order valence-electron chi connectivity index (χ3n) is 7.91. The van der Waals surface area contributed by atoms with Crippen molar-refractivity contribution in [3.8, 4) is 0 Å². The number of allylic oxidation sites excluding steroid dienone is 14. The fourth-order valence-electron chi connectivity index (χ4n) is 4.98. The van der Waals surface area contributed by atoms with Gasteiger partial charge in [0.15, 0.2) is 6.10 Å². The van der Waals surface area contributed by atoms with Crippen LogP contribution in [-0.2, 0) is 28.2 Å². The molecule has 0 fully saturated rings. The van der Waals surface area contributed by atoms with Crippen molar-refractivity contribution in [2.45, 2.75) is 161 Å². The maximum absolute atomic E-state index is 12.4. The van der Waals surface area contributed by atoms with Crippen LogP contribution in [0.3, 0.4) is 0 Å². The molecule has 0 aromatic rings. The summed E-state index contributed by atoms with van der Waals surface area (Å²) in [6, 6.07) is 0. The quantitative estimate of drug-likeness (QED) is 0.0285. The first-order chi connectivity index (χ1) is 25.3. The van der Waals surface area contributed by atoms with E-state index in [1.54, 1.807) is 0 Å². The maximum Gasteiger partial charge on any atom is 0.469 e. The van der Waals surface area contributed by atoms with Crippen LogP contribution < -0.4 is 0 Å². The lowest BCUT2D eigenvalue weighted by atomic mass is 10.1. The van der Waals surface area contributed by atoms with Crippen molar-refractivity contribution < 1.29 is 37.9 Å². The Balaban J connectivity index is 4.10. The molecule has 52 heavy (non-hydrogen) atoms. The molecule has 2 N–H and O–H groups in total. The Labute approximate surface area is 316 Å². The first-order valence-corrected chi connectivity index (χ1v) is 21.4. The Morgan fingerprint density at radius 3 is 1.46 bits per heavy atom. The minimum absolute atomic E-state index is 0.137. The van der Waals surface area contributed by atoms with Gasteiger partial charge in [-0.15, -0.1) is 0 Å². The van der Waals surface area contributed by atoms with Gasteiger partial charge in [-0.1, -0.05) is 150 Å². The molecule has 0 rings (SSSR count). The van der Waals surface area contributed by atoms with Gasteiger partial charge in [-0.25, -0.2) is 4.57 Å². The Kier molecular flexibility index (Phi) is 35.9. The van der Waals surface area contributed by atoms with E-state index in [1.165, 1.54) is 51.4 Å². The predicted molar refractivity (Wildman–Crippen MR) is 216 cm³/mol. The number of carbonyl (C=O) groups is 2. The summed E-state index contributed by atoms with van der Waals surface area (Å²) in [6.45, 7) is 3.47. The molecule has 0 heterocycles. The van der Waals surface area contributed by atoms with Crippen LogP contribution in [0.2, 0.25) is 0 Å². The fraction of sp³-hybridized carbons (Fsp3) is 0.628.